The normalized spacial score (nSPS) is 18.0. The second-order valence-corrected chi connectivity index (χ2v) is 8.83. The van der Waals surface area contributed by atoms with E-state index in [-0.39, 0.29) is 17.4 Å². The van der Waals surface area contributed by atoms with Gasteiger partial charge >= 0.3 is 0 Å². The minimum Gasteiger partial charge on any atom is -0.337 e. The van der Waals surface area contributed by atoms with Crippen molar-refractivity contribution >= 4 is 29.3 Å². The van der Waals surface area contributed by atoms with E-state index in [1.165, 1.54) is 10.5 Å². The number of amides is 1. The third-order valence-corrected chi connectivity index (χ3v) is 5.83. The van der Waals surface area contributed by atoms with Crippen LogP contribution in [-0.2, 0) is 4.79 Å². The highest BCUT2D eigenvalue weighted by molar-refractivity contribution is 7.98. The Morgan fingerprint density at radius 1 is 1.16 bits per heavy atom. The average Bonchev–Trinajstić information content (AvgIpc) is 2.97. The number of likely N-dealkylation sites (tertiary alicyclic amines) is 1. The van der Waals surface area contributed by atoms with Crippen LogP contribution in [0.15, 0.2) is 47.4 Å². The quantitative estimate of drug-likeness (QED) is 0.629. The Balaban J connectivity index is 1.94. The van der Waals surface area contributed by atoms with Gasteiger partial charge in [-0.2, -0.15) is 0 Å². The summed E-state index contributed by atoms with van der Waals surface area (Å²) in [5, 5.41) is 0.749. The highest BCUT2D eigenvalue weighted by atomic mass is 35.5. The summed E-state index contributed by atoms with van der Waals surface area (Å²) in [4.78, 5) is 15.6. The van der Waals surface area contributed by atoms with E-state index in [1.807, 2.05) is 11.0 Å². The second-order valence-electron chi connectivity index (χ2n) is 7.55. The molecule has 0 aliphatic carbocycles. The van der Waals surface area contributed by atoms with Crippen LogP contribution in [0.4, 0.5) is 0 Å². The van der Waals surface area contributed by atoms with Gasteiger partial charge in [0.1, 0.15) is 0 Å². The zero-order chi connectivity index (χ0) is 18.2. The number of hydrogen-bond acceptors (Lipinski definition) is 2. The summed E-state index contributed by atoms with van der Waals surface area (Å²) in [6.45, 7) is 7.05. The Labute approximate surface area is 159 Å². The maximum atomic E-state index is 12.4. The van der Waals surface area contributed by atoms with Crippen LogP contribution in [0.3, 0.4) is 0 Å². The lowest BCUT2D eigenvalue weighted by Crippen LogP contribution is -2.42. The average molecular weight is 374 g/mol. The zero-order valence-electron chi connectivity index (χ0n) is 15.2. The molecule has 2 nitrogen and oxygen atoms in total. The predicted octanol–water partition coefficient (Wildman–Crippen LogP) is 5.84. The summed E-state index contributed by atoms with van der Waals surface area (Å²) in [6.07, 6.45) is 2.64. The fourth-order valence-corrected chi connectivity index (χ4v) is 4.07. The molecule has 0 saturated carbocycles. The topological polar surface area (TPSA) is 20.3 Å². The van der Waals surface area contributed by atoms with Crippen LogP contribution in [0.1, 0.15) is 38.7 Å². The molecular formula is C21H24ClNOS. The maximum Gasteiger partial charge on any atom is 0.223 e. The van der Waals surface area contributed by atoms with E-state index >= 15 is 0 Å². The fourth-order valence-electron chi connectivity index (χ4n) is 3.39. The van der Waals surface area contributed by atoms with Gasteiger partial charge in [-0.15, -0.1) is 11.8 Å². The molecule has 0 radical (unpaired) electrons. The van der Waals surface area contributed by atoms with Crippen molar-refractivity contribution in [2.75, 3.05) is 12.8 Å². The first-order chi connectivity index (χ1) is 11.8. The second kappa shape index (κ2) is 7.05. The number of thioether (sulfide) groups is 1. The molecule has 1 aliphatic heterocycles. The van der Waals surface area contributed by atoms with E-state index < -0.39 is 0 Å². The first-order valence-electron chi connectivity index (χ1n) is 8.54. The standard InChI is InChI=1S/C21H24ClNOS/c1-21(2,3)23-13-16(12-20(23)24)14-8-9-19(22)18(11-14)15-6-5-7-17(10-15)25-4/h5-11,16H,12-13H2,1-4H3/t16-/m1/s1. The summed E-state index contributed by atoms with van der Waals surface area (Å²) < 4.78 is 0. The van der Waals surface area contributed by atoms with Crippen molar-refractivity contribution in [2.45, 2.75) is 43.5 Å². The van der Waals surface area contributed by atoms with Crippen LogP contribution < -0.4 is 0 Å². The first kappa shape index (κ1) is 18.3. The van der Waals surface area contributed by atoms with Gasteiger partial charge in [-0.05, 0) is 62.4 Å². The van der Waals surface area contributed by atoms with Crippen LogP contribution in [0.5, 0.6) is 0 Å². The zero-order valence-corrected chi connectivity index (χ0v) is 16.7. The number of halogens is 1. The van der Waals surface area contributed by atoms with Gasteiger partial charge < -0.3 is 4.90 Å². The molecule has 1 atom stereocenters. The summed E-state index contributed by atoms with van der Waals surface area (Å²) in [5.41, 5.74) is 3.22. The van der Waals surface area contributed by atoms with Crippen molar-refractivity contribution in [3.63, 3.8) is 0 Å². The minimum atomic E-state index is -0.131. The summed E-state index contributed by atoms with van der Waals surface area (Å²) in [6, 6.07) is 14.6. The van der Waals surface area contributed by atoms with E-state index in [1.54, 1.807) is 11.8 Å². The molecule has 25 heavy (non-hydrogen) atoms. The van der Waals surface area contributed by atoms with Crippen LogP contribution in [0.2, 0.25) is 5.02 Å². The summed E-state index contributed by atoms with van der Waals surface area (Å²) in [5.74, 6) is 0.463. The Kier molecular flexibility index (Phi) is 5.17. The number of carbonyl (C=O) groups is 1. The molecule has 3 rings (SSSR count). The van der Waals surface area contributed by atoms with Crippen molar-refractivity contribution < 1.29 is 4.79 Å². The third-order valence-electron chi connectivity index (χ3n) is 4.78. The summed E-state index contributed by atoms with van der Waals surface area (Å²) >= 11 is 8.20. The van der Waals surface area contributed by atoms with Crippen LogP contribution >= 0.6 is 23.4 Å². The van der Waals surface area contributed by atoms with Crippen LogP contribution in [-0.4, -0.2) is 29.1 Å². The molecule has 1 amide bonds. The van der Waals surface area contributed by atoms with Gasteiger partial charge in [0.25, 0.3) is 0 Å². The molecule has 1 fully saturated rings. The van der Waals surface area contributed by atoms with Crippen molar-refractivity contribution in [3.8, 4) is 11.1 Å². The molecule has 0 bridgehead atoms. The number of carbonyl (C=O) groups excluding carboxylic acids is 1. The van der Waals surface area contributed by atoms with Gasteiger partial charge in [-0.25, -0.2) is 0 Å². The largest absolute Gasteiger partial charge is 0.337 e. The van der Waals surface area contributed by atoms with Crippen LogP contribution in [0, 0.1) is 0 Å². The minimum absolute atomic E-state index is 0.131. The molecule has 1 saturated heterocycles. The van der Waals surface area contributed by atoms with E-state index in [9.17, 15) is 4.79 Å². The van der Waals surface area contributed by atoms with Crippen molar-refractivity contribution in [1.29, 1.82) is 0 Å². The number of rotatable bonds is 3. The number of nitrogens with zero attached hydrogens (tertiary/aromatic N) is 1. The van der Waals surface area contributed by atoms with Crippen molar-refractivity contribution in [2.24, 2.45) is 0 Å². The van der Waals surface area contributed by atoms with Crippen molar-refractivity contribution in [3.05, 3.63) is 53.1 Å². The highest BCUT2D eigenvalue weighted by Gasteiger charge is 2.36. The van der Waals surface area contributed by atoms with Gasteiger partial charge in [-0.3, -0.25) is 4.79 Å². The highest BCUT2D eigenvalue weighted by Crippen LogP contribution is 2.37. The maximum absolute atomic E-state index is 12.4. The van der Waals surface area contributed by atoms with E-state index in [0.29, 0.717) is 6.42 Å². The van der Waals surface area contributed by atoms with Crippen molar-refractivity contribution in [1.82, 2.24) is 4.90 Å². The molecule has 1 heterocycles. The lowest BCUT2D eigenvalue weighted by atomic mass is 9.94. The molecule has 0 aromatic heterocycles. The molecule has 1 aliphatic rings. The Bertz CT molecular complexity index is 797. The smallest absolute Gasteiger partial charge is 0.223 e. The number of hydrogen-bond donors (Lipinski definition) is 0. The first-order valence-corrected chi connectivity index (χ1v) is 10.1. The monoisotopic (exact) mass is 373 g/mol. The Hall–Kier alpha value is -1.45. The van der Waals surface area contributed by atoms with Gasteiger partial charge in [0, 0.05) is 39.9 Å². The lowest BCUT2D eigenvalue weighted by molar-refractivity contribution is -0.131. The SMILES string of the molecule is CSc1cccc(-c2cc([C@@H]3CC(=O)N(C(C)(C)C)C3)ccc2Cl)c1. The lowest BCUT2D eigenvalue weighted by Gasteiger charge is -2.32. The molecule has 4 heteroatoms. The summed E-state index contributed by atoms with van der Waals surface area (Å²) in [7, 11) is 0. The van der Waals surface area contributed by atoms with E-state index in [2.05, 4.69) is 63.4 Å². The van der Waals surface area contributed by atoms with Crippen LogP contribution in [0.25, 0.3) is 11.1 Å². The third kappa shape index (κ3) is 3.88. The molecular weight excluding hydrogens is 350 g/mol. The Morgan fingerprint density at radius 3 is 2.56 bits per heavy atom. The predicted molar refractivity (Wildman–Crippen MR) is 107 cm³/mol. The molecule has 2 aromatic carbocycles. The molecule has 0 spiro atoms. The van der Waals surface area contributed by atoms with Gasteiger partial charge in [0.05, 0.1) is 0 Å². The van der Waals surface area contributed by atoms with E-state index in [0.717, 1.165) is 22.7 Å². The molecule has 2 aromatic rings. The molecule has 0 N–H and O–H groups in total. The molecule has 132 valence electrons. The van der Waals surface area contributed by atoms with Gasteiger partial charge in [0.2, 0.25) is 5.91 Å². The fraction of sp³-hybridized carbons (Fsp3) is 0.381. The van der Waals surface area contributed by atoms with E-state index in [4.69, 9.17) is 11.6 Å². The van der Waals surface area contributed by atoms with Gasteiger partial charge in [-0.1, -0.05) is 29.8 Å². The van der Waals surface area contributed by atoms with Gasteiger partial charge in [0.15, 0.2) is 0 Å². The number of benzene rings is 2. The Morgan fingerprint density at radius 2 is 1.92 bits per heavy atom. The molecule has 0 unspecified atom stereocenters.